The summed E-state index contributed by atoms with van der Waals surface area (Å²) in [6.07, 6.45) is 1.45. The molecule has 0 aliphatic carbocycles. The van der Waals surface area contributed by atoms with Crippen molar-refractivity contribution in [2.45, 2.75) is 13.5 Å². The van der Waals surface area contributed by atoms with Crippen LogP contribution in [0.25, 0.3) is 10.9 Å². The Balaban J connectivity index is 1.47. The molecular weight excluding hydrogens is 424 g/mol. The van der Waals surface area contributed by atoms with Crippen molar-refractivity contribution < 1.29 is 4.79 Å². The molecule has 4 rings (SSSR count). The number of anilines is 3. The second kappa shape index (κ2) is 9.20. The Kier molecular flexibility index (Phi) is 6.18. The standard InChI is InChI=1S/C24H23ClN6O/c1-15-4-10-19-20(12-15)29-24(31(2)3)30-22(19)27-13-16-5-8-18(9-6-16)28-23(32)17-7-11-21(25)26-14-17/h4-12,14H,13H2,1-3H3,(H,28,32)(H,27,29,30). The number of hydrogen-bond acceptors (Lipinski definition) is 6. The summed E-state index contributed by atoms with van der Waals surface area (Å²) in [6, 6.07) is 17.0. The highest BCUT2D eigenvalue weighted by Crippen LogP contribution is 2.24. The molecular formula is C24H23ClN6O. The number of carbonyl (C=O) groups excluding carboxylic acids is 1. The van der Waals surface area contributed by atoms with E-state index in [1.165, 1.54) is 6.20 Å². The first-order valence-corrected chi connectivity index (χ1v) is 10.5. The molecule has 4 aromatic rings. The maximum atomic E-state index is 12.3. The first kappa shape index (κ1) is 21.5. The first-order chi connectivity index (χ1) is 15.4. The largest absolute Gasteiger partial charge is 0.365 e. The van der Waals surface area contributed by atoms with Crippen LogP contribution in [0.5, 0.6) is 0 Å². The molecule has 8 heteroatoms. The Morgan fingerprint density at radius 2 is 1.81 bits per heavy atom. The molecule has 0 saturated heterocycles. The number of hydrogen-bond donors (Lipinski definition) is 2. The molecule has 1 amide bonds. The average Bonchev–Trinajstić information content (AvgIpc) is 2.78. The molecule has 32 heavy (non-hydrogen) atoms. The van der Waals surface area contributed by atoms with Crippen molar-refractivity contribution in [2.24, 2.45) is 0 Å². The third kappa shape index (κ3) is 4.95. The molecule has 7 nitrogen and oxygen atoms in total. The summed E-state index contributed by atoms with van der Waals surface area (Å²) in [5.74, 6) is 1.20. The Morgan fingerprint density at radius 3 is 2.50 bits per heavy atom. The van der Waals surface area contributed by atoms with E-state index >= 15 is 0 Å². The molecule has 0 atom stereocenters. The molecule has 2 N–H and O–H groups in total. The molecule has 0 spiro atoms. The summed E-state index contributed by atoms with van der Waals surface area (Å²) in [5, 5.41) is 7.61. The van der Waals surface area contributed by atoms with Crippen LogP contribution in [0.2, 0.25) is 5.15 Å². The van der Waals surface area contributed by atoms with Crippen LogP contribution >= 0.6 is 11.6 Å². The van der Waals surface area contributed by atoms with Gasteiger partial charge in [-0.1, -0.05) is 29.8 Å². The minimum atomic E-state index is -0.237. The van der Waals surface area contributed by atoms with Gasteiger partial charge in [0.1, 0.15) is 11.0 Å². The third-order valence-corrected chi connectivity index (χ3v) is 5.13. The van der Waals surface area contributed by atoms with Crippen LogP contribution in [0.4, 0.5) is 17.5 Å². The van der Waals surface area contributed by atoms with Crippen LogP contribution in [-0.4, -0.2) is 35.0 Å². The van der Waals surface area contributed by atoms with Gasteiger partial charge in [0.15, 0.2) is 0 Å². The zero-order valence-corrected chi connectivity index (χ0v) is 18.8. The number of nitrogens with one attached hydrogen (secondary N) is 2. The predicted octanol–water partition coefficient (Wildman–Crippen LogP) is 4.92. The van der Waals surface area contributed by atoms with E-state index in [0.29, 0.717) is 28.9 Å². The number of nitrogens with zero attached hydrogens (tertiary/aromatic N) is 4. The highest BCUT2D eigenvalue weighted by atomic mass is 35.5. The molecule has 0 unspecified atom stereocenters. The zero-order valence-electron chi connectivity index (χ0n) is 18.1. The summed E-state index contributed by atoms with van der Waals surface area (Å²) in [7, 11) is 3.85. The summed E-state index contributed by atoms with van der Waals surface area (Å²) in [5.41, 5.74) is 4.26. The van der Waals surface area contributed by atoms with Crippen molar-refractivity contribution in [1.29, 1.82) is 0 Å². The van der Waals surface area contributed by atoms with Crippen molar-refractivity contribution in [2.75, 3.05) is 29.6 Å². The summed E-state index contributed by atoms with van der Waals surface area (Å²) in [4.78, 5) is 27.5. The van der Waals surface area contributed by atoms with E-state index in [1.54, 1.807) is 12.1 Å². The van der Waals surface area contributed by atoms with Crippen molar-refractivity contribution in [3.8, 4) is 0 Å². The van der Waals surface area contributed by atoms with Crippen LogP contribution in [0.3, 0.4) is 0 Å². The second-order valence-corrected chi connectivity index (χ2v) is 8.05. The Hall–Kier alpha value is -3.71. The molecule has 162 valence electrons. The Labute approximate surface area is 191 Å². The fourth-order valence-corrected chi connectivity index (χ4v) is 3.28. The lowest BCUT2D eigenvalue weighted by molar-refractivity contribution is 0.102. The Bertz CT molecular complexity index is 1260. The van der Waals surface area contributed by atoms with Crippen LogP contribution in [0, 0.1) is 6.92 Å². The van der Waals surface area contributed by atoms with Gasteiger partial charge >= 0.3 is 0 Å². The fourth-order valence-electron chi connectivity index (χ4n) is 3.17. The maximum Gasteiger partial charge on any atom is 0.257 e. The molecule has 0 bridgehead atoms. The van der Waals surface area contributed by atoms with Gasteiger partial charge in [0.2, 0.25) is 5.95 Å². The number of benzene rings is 2. The quantitative estimate of drug-likeness (QED) is 0.409. The third-order valence-electron chi connectivity index (χ3n) is 4.90. The van der Waals surface area contributed by atoms with E-state index in [1.807, 2.05) is 56.3 Å². The Morgan fingerprint density at radius 1 is 1.03 bits per heavy atom. The van der Waals surface area contributed by atoms with Gasteiger partial charge in [0.05, 0.1) is 11.1 Å². The number of amides is 1. The van der Waals surface area contributed by atoms with E-state index in [9.17, 15) is 4.79 Å². The molecule has 0 aliphatic heterocycles. The van der Waals surface area contributed by atoms with Gasteiger partial charge in [-0.15, -0.1) is 0 Å². The van der Waals surface area contributed by atoms with Crippen LogP contribution in [-0.2, 0) is 6.54 Å². The average molecular weight is 447 g/mol. The lowest BCUT2D eigenvalue weighted by Gasteiger charge is -2.15. The van der Waals surface area contributed by atoms with Crippen LogP contribution in [0.1, 0.15) is 21.5 Å². The number of pyridine rings is 1. The number of carbonyl (C=O) groups is 1. The summed E-state index contributed by atoms with van der Waals surface area (Å²) in [6.45, 7) is 2.63. The number of halogens is 1. The van der Waals surface area contributed by atoms with Crippen molar-refractivity contribution in [1.82, 2.24) is 15.0 Å². The first-order valence-electron chi connectivity index (χ1n) is 10.1. The SMILES string of the molecule is Cc1ccc2c(NCc3ccc(NC(=O)c4ccc(Cl)nc4)cc3)nc(N(C)C)nc2c1. The molecule has 2 aromatic heterocycles. The van der Waals surface area contributed by atoms with Gasteiger partial charge in [-0.05, 0) is 54.4 Å². The van der Waals surface area contributed by atoms with E-state index in [0.717, 1.165) is 27.8 Å². The van der Waals surface area contributed by atoms with Gasteiger partial charge in [-0.3, -0.25) is 4.79 Å². The van der Waals surface area contributed by atoms with Crippen LogP contribution in [0.15, 0.2) is 60.8 Å². The highest BCUT2D eigenvalue weighted by molar-refractivity contribution is 6.29. The molecule has 0 radical (unpaired) electrons. The lowest BCUT2D eigenvalue weighted by Crippen LogP contribution is -2.14. The topological polar surface area (TPSA) is 83.0 Å². The molecule has 0 aliphatic rings. The smallest absolute Gasteiger partial charge is 0.257 e. The van der Waals surface area contributed by atoms with Crippen molar-refractivity contribution in [3.63, 3.8) is 0 Å². The summed E-state index contributed by atoms with van der Waals surface area (Å²) < 4.78 is 0. The number of rotatable bonds is 6. The van der Waals surface area contributed by atoms with E-state index < -0.39 is 0 Å². The van der Waals surface area contributed by atoms with Gasteiger partial charge in [-0.2, -0.15) is 4.98 Å². The predicted molar refractivity (Wildman–Crippen MR) is 130 cm³/mol. The van der Waals surface area contributed by atoms with E-state index in [4.69, 9.17) is 11.6 Å². The lowest BCUT2D eigenvalue weighted by atomic mass is 10.1. The molecule has 2 heterocycles. The fraction of sp³-hybridized carbons (Fsp3) is 0.167. The van der Waals surface area contributed by atoms with Crippen molar-refractivity contribution >= 4 is 45.9 Å². The minimum absolute atomic E-state index is 0.237. The van der Waals surface area contributed by atoms with Gasteiger partial charge in [0.25, 0.3) is 5.91 Å². The molecule has 2 aromatic carbocycles. The van der Waals surface area contributed by atoms with Crippen LogP contribution < -0.4 is 15.5 Å². The van der Waals surface area contributed by atoms with Gasteiger partial charge in [0, 0.05) is 37.9 Å². The van der Waals surface area contributed by atoms with E-state index in [2.05, 4.69) is 37.7 Å². The van der Waals surface area contributed by atoms with Crippen molar-refractivity contribution in [3.05, 3.63) is 82.6 Å². The number of aromatic nitrogens is 3. The summed E-state index contributed by atoms with van der Waals surface area (Å²) >= 11 is 5.77. The highest BCUT2D eigenvalue weighted by Gasteiger charge is 2.10. The monoisotopic (exact) mass is 446 g/mol. The zero-order chi connectivity index (χ0) is 22.7. The number of fused-ring (bicyclic) bond motifs is 1. The van der Waals surface area contributed by atoms with Gasteiger partial charge < -0.3 is 15.5 Å². The minimum Gasteiger partial charge on any atom is -0.365 e. The molecule has 0 fully saturated rings. The number of aryl methyl sites for hydroxylation is 1. The van der Waals surface area contributed by atoms with E-state index in [-0.39, 0.29) is 5.91 Å². The molecule has 0 saturated carbocycles. The van der Waals surface area contributed by atoms with Gasteiger partial charge in [-0.25, -0.2) is 9.97 Å². The maximum absolute atomic E-state index is 12.3. The second-order valence-electron chi connectivity index (χ2n) is 7.66. The normalized spacial score (nSPS) is 10.8.